The number of hydrogen-bond acceptors (Lipinski definition) is 3. The molecule has 0 amide bonds. The summed E-state index contributed by atoms with van der Waals surface area (Å²) in [4.78, 5) is 0. The lowest BCUT2D eigenvalue weighted by molar-refractivity contribution is 0.309. The average molecular weight is 276 g/mol. The van der Waals surface area contributed by atoms with E-state index in [1.807, 2.05) is 6.07 Å². The smallest absolute Gasteiger partial charge is 0.121 e. The molecule has 1 aromatic rings. The molecule has 0 saturated carbocycles. The van der Waals surface area contributed by atoms with Crippen molar-refractivity contribution >= 4 is 5.69 Å². The Hall–Kier alpha value is -1.22. The van der Waals surface area contributed by atoms with E-state index in [1.165, 1.54) is 25.7 Å². The van der Waals surface area contributed by atoms with Crippen LogP contribution in [-0.2, 0) is 0 Å². The maximum atomic E-state index is 5.74. The van der Waals surface area contributed by atoms with Gasteiger partial charge in [-0.2, -0.15) is 0 Å². The van der Waals surface area contributed by atoms with Gasteiger partial charge in [0.1, 0.15) is 5.75 Å². The molecule has 3 heteroatoms. The third-order valence-corrected chi connectivity index (χ3v) is 3.86. The summed E-state index contributed by atoms with van der Waals surface area (Å²) < 4.78 is 5.74. The fraction of sp³-hybridized carbons (Fsp3) is 0.647. The molecule has 1 heterocycles. The van der Waals surface area contributed by atoms with Gasteiger partial charge in [0.15, 0.2) is 0 Å². The number of unbranched alkanes of at least 4 members (excludes halogenated alkanes) is 1. The predicted molar refractivity (Wildman–Crippen MR) is 85.6 cm³/mol. The topological polar surface area (TPSA) is 33.3 Å². The monoisotopic (exact) mass is 276 g/mol. The van der Waals surface area contributed by atoms with Crippen LogP contribution in [0.2, 0.25) is 0 Å². The van der Waals surface area contributed by atoms with Crippen molar-refractivity contribution in [1.29, 1.82) is 0 Å². The molecule has 3 nitrogen and oxygen atoms in total. The van der Waals surface area contributed by atoms with Gasteiger partial charge in [-0.3, -0.25) is 0 Å². The molecule has 2 unspecified atom stereocenters. The van der Waals surface area contributed by atoms with Gasteiger partial charge in [0.25, 0.3) is 0 Å². The molecule has 1 aliphatic rings. The zero-order chi connectivity index (χ0) is 14.2. The second kappa shape index (κ2) is 8.15. The number of rotatable bonds is 7. The van der Waals surface area contributed by atoms with Crippen LogP contribution in [0.3, 0.4) is 0 Å². The van der Waals surface area contributed by atoms with E-state index in [0.29, 0.717) is 12.1 Å². The first kappa shape index (κ1) is 15.2. The molecule has 1 aromatic carbocycles. The molecule has 2 N–H and O–H groups in total. The maximum absolute atomic E-state index is 5.74. The summed E-state index contributed by atoms with van der Waals surface area (Å²) in [6.07, 6.45) is 6.19. The van der Waals surface area contributed by atoms with Crippen LogP contribution in [0.15, 0.2) is 24.3 Å². The Labute approximate surface area is 123 Å². The Morgan fingerprint density at radius 1 is 1.35 bits per heavy atom. The number of nitrogens with one attached hydrogen (secondary N) is 2. The zero-order valence-electron chi connectivity index (χ0n) is 12.8. The molecule has 1 aliphatic heterocycles. The van der Waals surface area contributed by atoms with Crippen LogP contribution < -0.4 is 15.4 Å². The van der Waals surface area contributed by atoms with Crippen molar-refractivity contribution in [2.45, 2.75) is 58.0 Å². The molecule has 1 saturated heterocycles. The first-order valence-corrected chi connectivity index (χ1v) is 8.00. The molecule has 0 bridgehead atoms. The van der Waals surface area contributed by atoms with E-state index in [2.05, 4.69) is 42.7 Å². The van der Waals surface area contributed by atoms with Crippen LogP contribution in [-0.4, -0.2) is 25.2 Å². The largest absolute Gasteiger partial charge is 0.494 e. The lowest BCUT2D eigenvalue weighted by Gasteiger charge is -2.29. The normalized spacial score (nSPS) is 22.5. The highest BCUT2D eigenvalue weighted by molar-refractivity contribution is 5.48. The van der Waals surface area contributed by atoms with Crippen LogP contribution >= 0.6 is 0 Å². The van der Waals surface area contributed by atoms with Crippen LogP contribution in [0.4, 0.5) is 5.69 Å². The minimum atomic E-state index is 0.586. The molecule has 20 heavy (non-hydrogen) atoms. The first-order chi connectivity index (χ1) is 9.78. The first-order valence-electron chi connectivity index (χ1n) is 8.00. The van der Waals surface area contributed by atoms with Crippen LogP contribution in [0.5, 0.6) is 5.75 Å². The van der Waals surface area contributed by atoms with Gasteiger partial charge in [-0.1, -0.05) is 25.8 Å². The number of benzene rings is 1. The summed E-state index contributed by atoms with van der Waals surface area (Å²) in [5, 5.41) is 7.17. The molecule has 1 fully saturated rings. The van der Waals surface area contributed by atoms with E-state index in [9.17, 15) is 0 Å². The molecule has 0 radical (unpaired) electrons. The molecular formula is C17H28N2O. The van der Waals surface area contributed by atoms with Crippen LogP contribution in [0.1, 0.15) is 46.0 Å². The van der Waals surface area contributed by atoms with Crippen molar-refractivity contribution in [3.8, 4) is 5.75 Å². The van der Waals surface area contributed by atoms with E-state index in [-0.39, 0.29) is 0 Å². The van der Waals surface area contributed by atoms with Gasteiger partial charge < -0.3 is 15.4 Å². The minimum Gasteiger partial charge on any atom is -0.494 e. The standard InChI is InChI=1S/C17H28N2O/c1-3-4-11-20-17-10-6-8-15(12-17)18-13-16-9-5-7-14(2)19-16/h6,8,10,12,14,16,18-19H,3-5,7,9,11,13H2,1-2H3. The Balaban J connectivity index is 1.78. The van der Waals surface area contributed by atoms with Crippen molar-refractivity contribution in [1.82, 2.24) is 5.32 Å². The molecule has 2 atom stereocenters. The van der Waals surface area contributed by atoms with E-state index in [1.54, 1.807) is 0 Å². The molecule has 2 rings (SSSR count). The number of anilines is 1. The average Bonchev–Trinajstić information content (AvgIpc) is 2.46. The van der Waals surface area contributed by atoms with Gasteiger partial charge in [-0.05, 0) is 38.3 Å². The molecule has 112 valence electrons. The zero-order valence-corrected chi connectivity index (χ0v) is 12.8. The van der Waals surface area contributed by atoms with Crippen molar-refractivity contribution in [2.24, 2.45) is 0 Å². The van der Waals surface area contributed by atoms with Crippen molar-refractivity contribution in [2.75, 3.05) is 18.5 Å². The third-order valence-electron chi connectivity index (χ3n) is 3.86. The highest BCUT2D eigenvalue weighted by atomic mass is 16.5. The summed E-state index contributed by atoms with van der Waals surface area (Å²) in [5.74, 6) is 0.966. The number of hydrogen-bond donors (Lipinski definition) is 2. The molecule has 0 aromatic heterocycles. The highest BCUT2D eigenvalue weighted by Gasteiger charge is 2.17. The van der Waals surface area contributed by atoms with Gasteiger partial charge in [-0.15, -0.1) is 0 Å². The second-order valence-electron chi connectivity index (χ2n) is 5.81. The second-order valence-corrected chi connectivity index (χ2v) is 5.81. The van der Waals surface area contributed by atoms with Crippen LogP contribution in [0.25, 0.3) is 0 Å². The van der Waals surface area contributed by atoms with E-state index in [4.69, 9.17) is 4.74 Å². The van der Waals surface area contributed by atoms with E-state index < -0.39 is 0 Å². The lowest BCUT2D eigenvalue weighted by Crippen LogP contribution is -2.44. The summed E-state index contributed by atoms with van der Waals surface area (Å²) in [6, 6.07) is 9.53. The van der Waals surface area contributed by atoms with Gasteiger partial charge in [0.2, 0.25) is 0 Å². The minimum absolute atomic E-state index is 0.586. The molecule has 0 spiro atoms. The Morgan fingerprint density at radius 2 is 2.25 bits per heavy atom. The predicted octanol–water partition coefficient (Wildman–Crippen LogP) is 3.81. The highest BCUT2D eigenvalue weighted by Crippen LogP contribution is 2.19. The number of ether oxygens (including phenoxy) is 1. The van der Waals surface area contributed by atoms with Crippen molar-refractivity contribution in [3.63, 3.8) is 0 Å². The van der Waals surface area contributed by atoms with Gasteiger partial charge in [0, 0.05) is 30.4 Å². The number of piperidine rings is 1. The maximum Gasteiger partial charge on any atom is 0.121 e. The van der Waals surface area contributed by atoms with Crippen molar-refractivity contribution in [3.05, 3.63) is 24.3 Å². The summed E-state index contributed by atoms with van der Waals surface area (Å²) in [5.41, 5.74) is 1.15. The summed E-state index contributed by atoms with van der Waals surface area (Å²) >= 11 is 0. The van der Waals surface area contributed by atoms with Gasteiger partial charge in [0.05, 0.1) is 6.61 Å². The third kappa shape index (κ3) is 5.04. The van der Waals surface area contributed by atoms with Gasteiger partial charge in [-0.25, -0.2) is 0 Å². The van der Waals surface area contributed by atoms with Crippen LogP contribution in [0, 0.1) is 0 Å². The van der Waals surface area contributed by atoms with Crippen molar-refractivity contribution < 1.29 is 4.74 Å². The summed E-state index contributed by atoms with van der Waals surface area (Å²) in [6.45, 7) is 6.25. The Bertz CT molecular complexity index is 394. The lowest BCUT2D eigenvalue weighted by atomic mass is 9.99. The van der Waals surface area contributed by atoms with E-state index in [0.717, 1.165) is 31.0 Å². The Morgan fingerprint density at radius 3 is 3.05 bits per heavy atom. The van der Waals surface area contributed by atoms with E-state index >= 15 is 0 Å². The fourth-order valence-electron chi connectivity index (χ4n) is 2.67. The quantitative estimate of drug-likeness (QED) is 0.743. The SMILES string of the molecule is CCCCOc1cccc(NCC2CCCC(C)N2)c1. The summed E-state index contributed by atoms with van der Waals surface area (Å²) in [7, 11) is 0. The Kier molecular flexibility index (Phi) is 6.19. The fourth-order valence-corrected chi connectivity index (χ4v) is 2.67. The molecular weight excluding hydrogens is 248 g/mol. The molecule has 0 aliphatic carbocycles. The van der Waals surface area contributed by atoms with Gasteiger partial charge >= 0.3 is 0 Å².